The lowest BCUT2D eigenvalue weighted by Crippen LogP contribution is -2.49. The van der Waals surface area contributed by atoms with Crippen LogP contribution in [0.4, 0.5) is 5.69 Å². The van der Waals surface area contributed by atoms with Gasteiger partial charge in [-0.25, -0.2) is 0 Å². The van der Waals surface area contributed by atoms with Crippen LogP contribution in [-0.4, -0.2) is 63.4 Å². The second-order valence-corrected chi connectivity index (χ2v) is 6.90. The van der Waals surface area contributed by atoms with Gasteiger partial charge in [-0.2, -0.15) is 5.10 Å². The molecule has 0 unspecified atom stereocenters. The van der Waals surface area contributed by atoms with Crippen LogP contribution in [0.2, 0.25) is 0 Å². The van der Waals surface area contributed by atoms with E-state index in [9.17, 15) is 14.9 Å². The molecule has 1 fully saturated rings. The fraction of sp³-hybridized carbons (Fsp3) is 0.444. The number of nitrogens with zero attached hydrogens (tertiary/aromatic N) is 5. The maximum atomic E-state index is 12.7. The molecule has 2 aliphatic rings. The van der Waals surface area contributed by atoms with Crippen molar-refractivity contribution in [3.63, 3.8) is 0 Å². The lowest BCUT2D eigenvalue weighted by atomic mass is 10.1. The number of benzene rings is 1. The van der Waals surface area contributed by atoms with Gasteiger partial charge in [0.15, 0.2) is 11.5 Å². The van der Waals surface area contributed by atoms with Gasteiger partial charge in [-0.1, -0.05) is 6.07 Å². The molecule has 10 nitrogen and oxygen atoms in total. The normalized spacial score (nSPS) is 17.5. The van der Waals surface area contributed by atoms with Crippen molar-refractivity contribution in [2.24, 2.45) is 0 Å². The molecular formula is C18H21N5O5. The fourth-order valence-electron chi connectivity index (χ4n) is 3.44. The number of ether oxygens (including phenoxy) is 2. The predicted octanol–water partition coefficient (Wildman–Crippen LogP) is 1.43. The lowest BCUT2D eigenvalue weighted by Gasteiger charge is -2.36. The first kappa shape index (κ1) is 18.2. The van der Waals surface area contributed by atoms with Crippen molar-refractivity contribution in [2.45, 2.75) is 19.5 Å². The third kappa shape index (κ3) is 3.63. The van der Waals surface area contributed by atoms with Crippen LogP contribution in [0, 0.1) is 10.1 Å². The van der Waals surface area contributed by atoms with Gasteiger partial charge in [0.1, 0.15) is 18.4 Å². The first-order valence-electron chi connectivity index (χ1n) is 9.09. The number of carbonyl (C=O) groups excluding carboxylic acids is 1. The SMILES string of the molecule is C[C@H](C(=O)N1CCN(Cc2ccc3c(c2)OCO3)CC1)n1cc([N+](=O)[O-])cn1. The first-order valence-corrected chi connectivity index (χ1v) is 9.09. The summed E-state index contributed by atoms with van der Waals surface area (Å²) in [6, 6.07) is 5.36. The van der Waals surface area contributed by atoms with Gasteiger partial charge in [0, 0.05) is 32.7 Å². The molecule has 1 saturated heterocycles. The van der Waals surface area contributed by atoms with Crippen molar-refractivity contribution in [1.82, 2.24) is 19.6 Å². The van der Waals surface area contributed by atoms with E-state index in [-0.39, 0.29) is 18.4 Å². The number of rotatable bonds is 5. The Labute approximate surface area is 161 Å². The summed E-state index contributed by atoms with van der Waals surface area (Å²) in [5.41, 5.74) is 1.02. The highest BCUT2D eigenvalue weighted by Crippen LogP contribution is 2.32. The topological polar surface area (TPSA) is 103 Å². The summed E-state index contributed by atoms with van der Waals surface area (Å²) in [6.45, 7) is 5.47. The van der Waals surface area contributed by atoms with Gasteiger partial charge in [0.2, 0.25) is 12.7 Å². The van der Waals surface area contributed by atoms with Crippen LogP contribution in [0.15, 0.2) is 30.6 Å². The van der Waals surface area contributed by atoms with E-state index in [1.165, 1.54) is 10.9 Å². The minimum absolute atomic E-state index is 0.0827. The standard InChI is InChI=1S/C18H21N5O5/c1-13(22-11-15(9-19-22)23(25)26)18(24)21-6-4-20(5-7-21)10-14-2-3-16-17(8-14)28-12-27-16/h2-3,8-9,11,13H,4-7,10,12H2,1H3/t13-/m1/s1. The zero-order valence-corrected chi connectivity index (χ0v) is 15.5. The smallest absolute Gasteiger partial charge is 0.307 e. The summed E-state index contributed by atoms with van der Waals surface area (Å²) < 4.78 is 12.1. The van der Waals surface area contributed by atoms with Crippen molar-refractivity contribution < 1.29 is 19.2 Å². The third-order valence-corrected chi connectivity index (χ3v) is 5.08. The van der Waals surface area contributed by atoms with Crippen LogP contribution in [0.25, 0.3) is 0 Å². The molecule has 3 heterocycles. The number of piperazine rings is 1. The minimum Gasteiger partial charge on any atom is -0.454 e. The van der Waals surface area contributed by atoms with Gasteiger partial charge in [0.05, 0.1) is 4.92 Å². The molecular weight excluding hydrogens is 366 g/mol. The summed E-state index contributed by atoms with van der Waals surface area (Å²) in [7, 11) is 0. The molecule has 28 heavy (non-hydrogen) atoms. The molecule has 0 N–H and O–H groups in total. The second-order valence-electron chi connectivity index (χ2n) is 6.90. The first-order chi connectivity index (χ1) is 13.5. The number of nitro groups is 1. The van der Waals surface area contributed by atoms with Gasteiger partial charge >= 0.3 is 5.69 Å². The number of carbonyl (C=O) groups is 1. The van der Waals surface area contributed by atoms with Crippen molar-refractivity contribution in [1.29, 1.82) is 0 Å². The molecule has 148 valence electrons. The Morgan fingerprint density at radius 1 is 1.25 bits per heavy atom. The monoisotopic (exact) mass is 387 g/mol. The number of fused-ring (bicyclic) bond motifs is 1. The largest absolute Gasteiger partial charge is 0.454 e. The molecule has 4 rings (SSSR count). The van der Waals surface area contributed by atoms with Crippen molar-refractivity contribution in [2.75, 3.05) is 33.0 Å². The van der Waals surface area contributed by atoms with Crippen molar-refractivity contribution in [3.8, 4) is 11.5 Å². The summed E-state index contributed by atoms with van der Waals surface area (Å²) in [5.74, 6) is 1.46. The van der Waals surface area contributed by atoms with Crippen LogP contribution in [0.1, 0.15) is 18.5 Å². The van der Waals surface area contributed by atoms with Crippen LogP contribution in [0.5, 0.6) is 11.5 Å². The van der Waals surface area contributed by atoms with Crippen LogP contribution in [0.3, 0.4) is 0 Å². The predicted molar refractivity (Wildman–Crippen MR) is 98.0 cm³/mol. The maximum Gasteiger partial charge on any atom is 0.307 e. The van der Waals surface area contributed by atoms with E-state index in [1.54, 1.807) is 11.8 Å². The molecule has 1 aromatic heterocycles. The van der Waals surface area contributed by atoms with E-state index < -0.39 is 11.0 Å². The molecule has 1 atom stereocenters. The molecule has 1 aromatic carbocycles. The van der Waals surface area contributed by atoms with E-state index >= 15 is 0 Å². The lowest BCUT2D eigenvalue weighted by molar-refractivity contribution is -0.385. The molecule has 2 aromatic rings. The highest BCUT2D eigenvalue weighted by Gasteiger charge is 2.27. The second kappa shape index (κ2) is 7.47. The van der Waals surface area contributed by atoms with Crippen LogP contribution >= 0.6 is 0 Å². The Morgan fingerprint density at radius 3 is 2.71 bits per heavy atom. The van der Waals surface area contributed by atoms with Crippen LogP contribution in [-0.2, 0) is 11.3 Å². The number of aromatic nitrogens is 2. The fourth-order valence-corrected chi connectivity index (χ4v) is 3.44. The minimum atomic E-state index is -0.575. The van der Waals surface area contributed by atoms with Gasteiger partial charge in [0.25, 0.3) is 0 Å². The number of hydrogen-bond acceptors (Lipinski definition) is 7. The number of amides is 1. The van der Waals surface area contributed by atoms with E-state index in [1.807, 2.05) is 18.2 Å². The van der Waals surface area contributed by atoms with Crippen molar-refractivity contribution >= 4 is 11.6 Å². The Bertz CT molecular complexity index is 890. The van der Waals surface area contributed by atoms with Gasteiger partial charge in [-0.3, -0.25) is 24.5 Å². The Kier molecular flexibility index (Phi) is 4.86. The molecule has 0 aliphatic carbocycles. The Hall–Kier alpha value is -3.14. The molecule has 0 radical (unpaired) electrons. The summed E-state index contributed by atoms with van der Waals surface area (Å²) in [5, 5.41) is 14.7. The van der Waals surface area contributed by atoms with E-state index in [2.05, 4.69) is 10.00 Å². The quantitative estimate of drug-likeness (QED) is 0.565. The third-order valence-electron chi connectivity index (χ3n) is 5.08. The zero-order valence-electron chi connectivity index (χ0n) is 15.5. The summed E-state index contributed by atoms with van der Waals surface area (Å²) in [6.07, 6.45) is 2.45. The Morgan fingerprint density at radius 2 is 2.00 bits per heavy atom. The maximum absolute atomic E-state index is 12.7. The van der Waals surface area contributed by atoms with Gasteiger partial charge in [-0.05, 0) is 24.6 Å². The van der Waals surface area contributed by atoms with Crippen LogP contribution < -0.4 is 9.47 Å². The average molecular weight is 387 g/mol. The highest BCUT2D eigenvalue weighted by molar-refractivity contribution is 5.80. The zero-order chi connectivity index (χ0) is 19.7. The average Bonchev–Trinajstić information content (AvgIpc) is 3.37. The van der Waals surface area contributed by atoms with E-state index in [0.717, 1.165) is 42.9 Å². The molecule has 1 amide bonds. The van der Waals surface area contributed by atoms with E-state index in [4.69, 9.17) is 9.47 Å². The molecule has 0 spiro atoms. The summed E-state index contributed by atoms with van der Waals surface area (Å²) >= 11 is 0. The van der Waals surface area contributed by atoms with Gasteiger partial charge < -0.3 is 14.4 Å². The Balaban J connectivity index is 1.31. The van der Waals surface area contributed by atoms with Crippen molar-refractivity contribution in [3.05, 3.63) is 46.3 Å². The van der Waals surface area contributed by atoms with Gasteiger partial charge in [-0.15, -0.1) is 0 Å². The highest BCUT2D eigenvalue weighted by atomic mass is 16.7. The molecule has 0 saturated carbocycles. The molecule has 0 bridgehead atoms. The van der Waals surface area contributed by atoms with E-state index in [0.29, 0.717) is 13.1 Å². The molecule has 2 aliphatic heterocycles. The molecule has 10 heteroatoms. The summed E-state index contributed by atoms with van der Waals surface area (Å²) in [4.78, 5) is 27.1. The number of hydrogen-bond donors (Lipinski definition) is 0.